The van der Waals surface area contributed by atoms with E-state index in [0.29, 0.717) is 0 Å². The van der Waals surface area contributed by atoms with E-state index >= 15 is 0 Å². The minimum Gasteiger partial charge on any atom is -0.399 e. The van der Waals surface area contributed by atoms with Gasteiger partial charge < -0.3 is 10.6 Å². The highest BCUT2D eigenvalue weighted by atomic mass is 15.1. The largest absolute Gasteiger partial charge is 0.399 e. The van der Waals surface area contributed by atoms with E-state index in [1.54, 1.807) is 0 Å². The van der Waals surface area contributed by atoms with E-state index in [1.807, 2.05) is 12.1 Å². The predicted molar refractivity (Wildman–Crippen MR) is 83.2 cm³/mol. The molecule has 106 valence electrons. The summed E-state index contributed by atoms with van der Waals surface area (Å²) in [6.07, 6.45) is 9.65. The van der Waals surface area contributed by atoms with Crippen LogP contribution in [0.1, 0.15) is 44.1 Å². The molecule has 2 nitrogen and oxygen atoms in total. The van der Waals surface area contributed by atoms with Gasteiger partial charge in [0.1, 0.15) is 0 Å². The second kappa shape index (κ2) is 7.54. The van der Waals surface area contributed by atoms with Gasteiger partial charge in [0.15, 0.2) is 0 Å². The molecule has 2 rings (SSSR count). The van der Waals surface area contributed by atoms with E-state index in [4.69, 9.17) is 5.73 Å². The Bertz CT molecular complexity index is 352. The van der Waals surface area contributed by atoms with Crippen LogP contribution in [0, 0.1) is 5.92 Å². The molecule has 2 heteroatoms. The molecule has 1 fully saturated rings. The van der Waals surface area contributed by atoms with Crippen molar-refractivity contribution in [3.05, 3.63) is 29.8 Å². The number of aryl methyl sites for hydroxylation is 1. The fraction of sp³-hybridized carbons (Fsp3) is 0.647. The number of benzene rings is 1. The van der Waals surface area contributed by atoms with Gasteiger partial charge in [0.25, 0.3) is 0 Å². The number of anilines is 1. The first-order valence-electron chi connectivity index (χ1n) is 7.77. The minimum atomic E-state index is 0.859. The Labute approximate surface area is 118 Å². The maximum absolute atomic E-state index is 5.70. The van der Waals surface area contributed by atoms with Gasteiger partial charge in [-0.2, -0.15) is 0 Å². The molecule has 0 heterocycles. The van der Waals surface area contributed by atoms with Crippen molar-refractivity contribution in [1.82, 2.24) is 4.90 Å². The van der Waals surface area contributed by atoms with Crippen LogP contribution in [0.3, 0.4) is 0 Å². The lowest BCUT2D eigenvalue weighted by molar-refractivity contribution is 0.232. The van der Waals surface area contributed by atoms with Crippen LogP contribution in [0.15, 0.2) is 24.3 Å². The lowest BCUT2D eigenvalue weighted by atomic mass is 9.89. The summed E-state index contributed by atoms with van der Waals surface area (Å²) in [6.45, 7) is 2.50. The van der Waals surface area contributed by atoms with E-state index in [2.05, 4.69) is 24.1 Å². The zero-order valence-electron chi connectivity index (χ0n) is 12.3. The van der Waals surface area contributed by atoms with Crippen LogP contribution in [0.5, 0.6) is 0 Å². The summed E-state index contributed by atoms with van der Waals surface area (Å²) in [5.41, 5.74) is 7.96. The molecule has 0 aromatic heterocycles. The van der Waals surface area contributed by atoms with Crippen LogP contribution in [0.25, 0.3) is 0 Å². The van der Waals surface area contributed by atoms with Gasteiger partial charge in [-0.15, -0.1) is 0 Å². The average molecular weight is 260 g/mol. The maximum Gasteiger partial charge on any atom is 0.0314 e. The van der Waals surface area contributed by atoms with Crippen molar-refractivity contribution in [2.45, 2.75) is 44.9 Å². The molecule has 0 bridgehead atoms. The summed E-state index contributed by atoms with van der Waals surface area (Å²) < 4.78 is 0. The van der Waals surface area contributed by atoms with Crippen molar-refractivity contribution in [3.8, 4) is 0 Å². The monoisotopic (exact) mass is 260 g/mol. The van der Waals surface area contributed by atoms with Gasteiger partial charge in [0, 0.05) is 12.2 Å². The van der Waals surface area contributed by atoms with Gasteiger partial charge in [0.05, 0.1) is 0 Å². The molecule has 0 amide bonds. The zero-order valence-corrected chi connectivity index (χ0v) is 12.3. The summed E-state index contributed by atoms with van der Waals surface area (Å²) in [6, 6.07) is 8.30. The van der Waals surface area contributed by atoms with Gasteiger partial charge in [0.2, 0.25) is 0 Å². The van der Waals surface area contributed by atoms with Crippen LogP contribution in [0.2, 0.25) is 0 Å². The van der Waals surface area contributed by atoms with Crippen LogP contribution in [-0.4, -0.2) is 25.0 Å². The van der Waals surface area contributed by atoms with Crippen molar-refractivity contribution in [2.24, 2.45) is 5.92 Å². The molecule has 0 atom stereocenters. The molecule has 19 heavy (non-hydrogen) atoms. The highest BCUT2D eigenvalue weighted by molar-refractivity contribution is 5.39. The molecule has 1 aromatic carbocycles. The number of hydrogen-bond donors (Lipinski definition) is 1. The Hall–Kier alpha value is -1.02. The zero-order chi connectivity index (χ0) is 13.5. The first-order chi connectivity index (χ1) is 9.24. The van der Waals surface area contributed by atoms with Gasteiger partial charge >= 0.3 is 0 Å². The number of nitrogens with two attached hydrogens (primary N) is 1. The molecule has 0 aliphatic heterocycles. The smallest absolute Gasteiger partial charge is 0.0314 e. The van der Waals surface area contributed by atoms with Crippen molar-refractivity contribution in [1.29, 1.82) is 0 Å². The molecule has 0 saturated heterocycles. The normalized spacial score (nSPS) is 16.9. The third-order valence-electron chi connectivity index (χ3n) is 4.28. The molecule has 0 spiro atoms. The first kappa shape index (κ1) is 14.4. The summed E-state index contributed by atoms with van der Waals surface area (Å²) in [7, 11) is 2.28. The van der Waals surface area contributed by atoms with E-state index < -0.39 is 0 Å². The fourth-order valence-corrected chi connectivity index (χ4v) is 3.14. The van der Waals surface area contributed by atoms with Gasteiger partial charge in [-0.1, -0.05) is 31.4 Å². The summed E-state index contributed by atoms with van der Waals surface area (Å²) in [5, 5.41) is 0. The molecular weight excluding hydrogens is 232 g/mol. The quantitative estimate of drug-likeness (QED) is 0.790. The maximum atomic E-state index is 5.70. The van der Waals surface area contributed by atoms with Crippen LogP contribution in [-0.2, 0) is 6.42 Å². The summed E-state index contributed by atoms with van der Waals surface area (Å²) >= 11 is 0. The fourth-order valence-electron chi connectivity index (χ4n) is 3.14. The lowest BCUT2D eigenvalue weighted by Gasteiger charge is -2.26. The third-order valence-corrected chi connectivity index (χ3v) is 4.28. The molecule has 0 unspecified atom stereocenters. The van der Waals surface area contributed by atoms with E-state index in [9.17, 15) is 0 Å². The molecule has 1 aliphatic carbocycles. The average Bonchev–Trinajstić information content (AvgIpc) is 2.42. The third kappa shape index (κ3) is 5.23. The Morgan fingerprint density at radius 1 is 1.11 bits per heavy atom. The molecule has 1 saturated carbocycles. The van der Waals surface area contributed by atoms with Crippen LogP contribution >= 0.6 is 0 Å². The number of nitrogens with zero attached hydrogens (tertiary/aromatic N) is 1. The Morgan fingerprint density at radius 2 is 1.79 bits per heavy atom. The standard InChI is InChI=1S/C17H28N2/c1-19(14-16-6-3-2-4-7-16)13-5-8-15-9-11-17(18)12-10-15/h9-12,16H,2-8,13-14,18H2,1H3. The van der Waals surface area contributed by atoms with Crippen molar-refractivity contribution >= 4 is 5.69 Å². The summed E-state index contributed by atoms with van der Waals surface area (Å²) in [4.78, 5) is 2.52. The summed E-state index contributed by atoms with van der Waals surface area (Å²) in [5.74, 6) is 0.954. The molecule has 0 radical (unpaired) electrons. The minimum absolute atomic E-state index is 0.859. The van der Waals surface area contributed by atoms with Gasteiger partial charge in [-0.25, -0.2) is 0 Å². The number of hydrogen-bond acceptors (Lipinski definition) is 2. The molecule has 1 aliphatic rings. The van der Waals surface area contributed by atoms with E-state index in [0.717, 1.165) is 18.0 Å². The van der Waals surface area contributed by atoms with Crippen molar-refractivity contribution in [2.75, 3.05) is 25.9 Å². The SMILES string of the molecule is CN(CCCc1ccc(N)cc1)CC1CCCCC1. The highest BCUT2D eigenvalue weighted by Crippen LogP contribution is 2.24. The number of rotatable bonds is 6. The molecule has 2 N–H and O–H groups in total. The van der Waals surface area contributed by atoms with Crippen molar-refractivity contribution < 1.29 is 0 Å². The topological polar surface area (TPSA) is 29.3 Å². The van der Waals surface area contributed by atoms with E-state index in [1.165, 1.54) is 57.2 Å². The van der Waals surface area contributed by atoms with Crippen LogP contribution in [0.4, 0.5) is 5.69 Å². The Balaban J connectivity index is 1.63. The van der Waals surface area contributed by atoms with E-state index in [-0.39, 0.29) is 0 Å². The second-order valence-electron chi connectivity index (χ2n) is 6.11. The lowest BCUT2D eigenvalue weighted by Crippen LogP contribution is -2.28. The van der Waals surface area contributed by atoms with Gasteiger partial charge in [-0.3, -0.25) is 0 Å². The Morgan fingerprint density at radius 3 is 2.47 bits per heavy atom. The van der Waals surface area contributed by atoms with Crippen LogP contribution < -0.4 is 5.73 Å². The highest BCUT2D eigenvalue weighted by Gasteiger charge is 2.14. The van der Waals surface area contributed by atoms with Crippen molar-refractivity contribution in [3.63, 3.8) is 0 Å². The van der Waals surface area contributed by atoms with Gasteiger partial charge in [-0.05, 0) is 62.9 Å². The second-order valence-corrected chi connectivity index (χ2v) is 6.11. The predicted octanol–water partition coefficient (Wildman–Crippen LogP) is 3.71. The Kier molecular flexibility index (Phi) is 5.71. The molecule has 1 aromatic rings. The molecular formula is C17H28N2. The number of nitrogen functional groups attached to an aromatic ring is 1. The first-order valence-corrected chi connectivity index (χ1v) is 7.77.